The van der Waals surface area contributed by atoms with Crippen LogP contribution >= 0.6 is 0 Å². The Balaban J connectivity index is 2.31. The van der Waals surface area contributed by atoms with E-state index < -0.39 is 0 Å². The minimum atomic E-state index is 0.499. The van der Waals surface area contributed by atoms with Crippen molar-refractivity contribution in [3.8, 4) is 0 Å². The minimum Gasteiger partial charge on any atom is -0.337 e. The van der Waals surface area contributed by atoms with Gasteiger partial charge in [0.1, 0.15) is 0 Å². The maximum atomic E-state index is 9.91. The van der Waals surface area contributed by atoms with Gasteiger partial charge in [-0.25, -0.2) is 10.4 Å². The molecular weight excluding hydrogens is 180 g/mol. The summed E-state index contributed by atoms with van der Waals surface area (Å²) in [6.07, 6.45) is 1.95. The van der Waals surface area contributed by atoms with E-state index in [0.717, 1.165) is 11.0 Å². The Labute approximate surface area is 79.8 Å². The van der Waals surface area contributed by atoms with Crippen LogP contribution in [0.25, 0.3) is 11.0 Å². The van der Waals surface area contributed by atoms with Crippen molar-refractivity contribution in [2.75, 3.05) is 0 Å². The van der Waals surface area contributed by atoms with Crippen LogP contribution in [0.3, 0.4) is 0 Å². The van der Waals surface area contributed by atoms with Crippen LogP contribution in [0.2, 0.25) is 0 Å². The Bertz CT molecular complexity index is 441. The normalized spacial score (nSPS) is 10.9. The van der Waals surface area contributed by atoms with Crippen LogP contribution in [0.5, 0.6) is 0 Å². The predicted octanol–water partition coefficient (Wildman–Crippen LogP) is 0.643. The summed E-state index contributed by atoms with van der Waals surface area (Å²) in [6.45, 7) is 0. The molecule has 1 aromatic carbocycles. The molecule has 2 rings (SSSR count). The monoisotopic (exact) mass is 188 g/mol. The lowest BCUT2D eigenvalue weighted by Crippen LogP contribution is -2.01. The number of imidazole rings is 1. The first kappa shape index (κ1) is 8.43. The summed E-state index contributed by atoms with van der Waals surface area (Å²) in [6, 6.07) is 7.65. The van der Waals surface area contributed by atoms with Crippen molar-refractivity contribution in [3.63, 3.8) is 0 Å². The Morgan fingerprint density at radius 3 is 3.07 bits per heavy atom. The number of hydrogen-bond acceptors (Lipinski definition) is 3. The lowest BCUT2D eigenvalue weighted by atomic mass is 10.3. The second-order valence-corrected chi connectivity index (χ2v) is 2.64. The van der Waals surface area contributed by atoms with E-state index in [1.807, 2.05) is 24.3 Å². The van der Waals surface area contributed by atoms with Gasteiger partial charge in [0, 0.05) is 0 Å². The van der Waals surface area contributed by atoms with Crippen LogP contribution in [0, 0.1) is 0 Å². The molecule has 2 aromatic rings. The summed E-state index contributed by atoms with van der Waals surface area (Å²) in [7, 11) is 0. The second kappa shape index (κ2) is 3.69. The molecule has 0 radical (unpaired) electrons. The van der Waals surface area contributed by atoms with Crippen LogP contribution in [0.1, 0.15) is 5.82 Å². The molecule has 1 amide bonds. The number of fused-ring (bicyclic) bond motifs is 1. The van der Waals surface area contributed by atoms with Gasteiger partial charge in [-0.05, 0) is 12.1 Å². The zero-order valence-corrected chi connectivity index (χ0v) is 7.27. The van der Waals surface area contributed by atoms with Gasteiger partial charge in [0.25, 0.3) is 0 Å². The van der Waals surface area contributed by atoms with Gasteiger partial charge in [-0.15, -0.1) is 0 Å². The van der Waals surface area contributed by atoms with Gasteiger partial charge in [-0.1, -0.05) is 12.1 Å². The molecule has 5 heteroatoms. The number of amides is 1. The van der Waals surface area contributed by atoms with E-state index in [4.69, 9.17) is 0 Å². The molecular formula is C9H8N4O. The highest BCUT2D eigenvalue weighted by molar-refractivity contribution is 5.83. The van der Waals surface area contributed by atoms with Crippen LogP contribution < -0.4 is 5.43 Å². The van der Waals surface area contributed by atoms with Crippen molar-refractivity contribution in [1.29, 1.82) is 0 Å². The number of carbonyl (C=O) groups is 1. The number of hydrazone groups is 1. The smallest absolute Gasteiger partial charge is 0.227 e. The van der Waals surface area contributed by atoms with Crippen molar-refractivity contribution >= 4 is 23.7 Å². The Morgan fingerprint density at radius 1 is 1.43 bits per heavy atom. The Hall–Kier alpha value is -2.17. The number of benzene rings is 1. The molecule has 70 valence electrons. The first-order valence-electron chi connectivity index (χ1n) is 4.07. The molecule has 5 nitrogen and oxygen atoms in total. The minimum absolute atomic E-state index is 0.499. The van der Waals surface area contributed by atoms with E-state index >= 15 is 0 Å². The molecule has 0 aliphatic rings. The molecule has 0 saturated heterocycles. The topological polar surface area (TPSA) is 70.1 Å². The van der Waals surface area contributed by atoms with Crippen LogP contribution in [-0.4, -0.2) is 22.6 Å². The molecule has 0 spiro atoms. The number of carbonyl (C=O) groups excluding carboxylic acids is 1. The fourth-order valence-corrected chi connectivity index (χ4v) is 1.16. The number of rotatable bonds is 3. The zero-order chi connectivity index (χ0) is 9.80. The molecule has 0 saturated carbocycles. The molecule has 0 bridgehead atoms. The van der Waals surface area contributed by atoms with Gasteiger partial charge >= 0.3 is 0 Å². The van der Waals surface area contributed by atoms with E-state index in [1.54, 1.807) is 0 Å². The second-order valence-electron chi connectivity index (χ2n) is 2.64. The first-order valence-corrected chi connectivity index (χ1v) is 4.07. The summed E-state index contributed by atoms with van der Waals surface area (Å²) in [5.74, 6) is 0.612. The predicted molar refractivity (Wildman–Crippen MR) is 52.9 cm³/mol. The quantitative estimate of drug-likeness (QED) is 0.421. The number of aromatic nitrogens is 2. The number of nitrogens with zero attached hydrogens (tertiary/aromatic N) is 2. The fourth-order valence-electron chi connectivity index (χ4n) is 1.16. The Morgan fingerprint density at radius 2 is 2.29 bits per heavy atom. The van der Waals surface area contributed by atoms with Gasteiger partial charge in [-0.2, -0.15) is 5.10 Å². The molecule has 2 N–H and O–H groups in total. The lowest BCUT2D eigenvalue weighted by molar-refractivity contribution is -0.109. The van der Waals surface area contributed by atoms with Gasteiger partial charge in [0.2, 0.25) is 6.41 Å². The average Bonchev–Trinajstić information content (AvgIpc) is 2.60. The van der Waals surface area contributed by atoms with E-state index in [2.05, 4.69) is 20.5 Å². The SMILES string of the molecule is O=CNN=Cc1nc2ccccc2[nH]1. The molecule has 0 atom stereocenters. The third-order valence-electron chi connectivity index (χ3n) is 1.72. The number of aromatic amines is 1. The highest BCUT2D eigenvalue weighted by Crippen LogP contribution is 2.08. The van der Waals surface area contributed by atoms with Gasteiger partial charge in [0.05, 0.1) is 17.2 Å². The molecule has 14 heavy (non-hydrogen) atoms. The fraction of sp³-hybridized carbons (Fsp3) is 0. The van der Waals surface area contributed by atoms with E-state index in [0.29, 0.717) is 12.2 Å². The third-order valence-corrected chi connectivity index (χ3v) is 1.72. The van der Waals surface area contributed by atoms with E-state index in [1.165, 1.54) is 6.21 Å². The van der Waals surface area contributed by atoms with Crippen LogP contribution in [0.15, 0.2) is 29.4 Å². The number of H-pyrrole nitrogens is 1. The first-order chi connectivity index (χ1) is 6.90. The number of para-hydroxylation sites is 2. The van der Waals surface area contributed by atoms with E-state index in [-0.39, 0.29) is 0 Å². The average molecular weight is 188 g/mol. The van der Waals surface area contributed by atoms with Gasteiger partial charge in [0.15, 0.2) is 5.82 Å². The summed E-state index contributed by atoms with van der Waals surface area (Å²) in [4.78, 5) is 17.2. The van der Waals surface area contributed by atoms with Gasteiger partial charge < -0.3 is 4.98 Å². The lowest BCUT2D eigenvalue weighted by Gasteiger charge is -1.82. The maximum Gasteiger partial charge on any atom is 0.227 e. The summed E-state index contributed by atoms with van der Waals surface area (Å²) >= 11 is 0. The molecule has 1 heterocycles. The summed E-state index contributed by atoms with van der Waals surface area (Å²) in [5, 5.41) is 3.62. The molecule has 0 aliphatic carbocycles. The van der Waals surface area contributed by atoms with Crippen molar-refractivity contribution in [2.24, 2.45) is 5.10 Å². The summed E-state index contributed by atoms with van der Waals surface area (Å²) in [5.41, 5.74) is 3.99. The largest absolute Gasteiger partial charge is 0.337 e. The third kappa shape index (κ3) is 1.61. The molecule has 1 aromatic heterocycles. The van der Waals surface area contributed by atoms with Crippen molar-refractivity contribution in [2.45, 2.75) is 0 Å². The van der Waals surface area contributed by atoms with Crippen molar-refractivity contribution in [1.82, 2.24) is 15.4 Å². The number of hydrogen-bond donors (Lipinski definition) is 2. The van der Waals surface area contributed by atoms with Crippen LogP contribution in [0.4, 0.5) is 0 Å². The zero-order valence-electron chi connectivity index (χ0n) is 7.27. The van der Waals surface area contributed by atoms with Crippen molar-refractivity contribution < 1.29 is 4.79 Å². The highest BCUT2D eigenvalue weighted by Gasteiger charge is 1.97. The highest BCUT2D eigenvalue weighted by atomic mass is 16.1. The van der Waals surface area contributed by atoms with Gasteiger partial charge in [-0.3, -0.25) is 4.79 Å². The molecule has 0 aliphatic heterocycles. The summed E-state index contributed by atoms with van der Waals surface area (Å²) < 4.78 is 0. The maximum absolute atomic E-state index is 9.91. The van der Waals surface area contributed by atoms with E-state index in [9.17, 15) is 4.79 Å². The molecule has 0 unspecified atom stereocenters. The molecule has 0 fully saturated rings. The van der Waals surface area contributed by atoms with Crippen LogP contribution in [-0.2, 0) is 4.79 Å². The standard InChI is InChI=1S/C9H8N4O/c14-6-11-10-5-9-12-7-3-1-2-4-8(7)13-9/h1-6H,(H,11,14)(H,12,13). The number of nitrogens with one attached hydrogen (secondary N) is 2. The Kier molecular flexibility index (Phi) is 2.22. The van der Waals surface area contributed by atoms with Crippen molar-refractivity contribution in [3.05, 3.63) is 30.1 Å².